The molecule has 5 heteroatoms. The van der Waals surface area contributed by atoms with E-state index in [1.165, 1.54) is 0 Å². The average Bonchev–Trinajstić information content (AvgIpc) is 2.50. The predicted molar refractivity (Wildman–Crippen MR) is 97.2 cm³/mol. The minimum atomic E-state index is -0.0345. The summed E-state index contributed by atoms with van der Waals surface area (Å²) < 4.78 is 0. The second-order valence-corrected chi connectivity index (χ2v) is 7.23. The van der Waals surface area contributed by atoms with E-state index in [0.29, 0.717) is 17.9 Å². The van der Waals surface area contributed by atoms with Crippen molar-refractivity contribution >= 4 is 17.5 Å². The van der Waals surface area contributed by atoms with Gasteiger partial charge in [0.15, 0.2) is 0 Å². The number of likely N-dealkylation sites (tertiary alicyclic amines) is 1. The van der Waals surface area contributed by atoms with Gasteiger partial charge in [-0.2, -0.15) is 0 Å². The Morgan fingerprint density at radius 3 is 2.50 bits per heavy atom. The molecule has 0 spiro atoms. The molecule has 1 fully saturated rings. The van der Waals surface area contributed by atoms with Crippen molar-refractivity contribution in [3.63, 3.8) is 0 Å². The van der Waals surface area contributed by atoms with E-state index in [1.54, 1.807) is 6.07 Å². The van der Waals surface area contributed by atoms with E-state index in [2.05, 4.69) is 22.6 Å². The summed E-state index contributed by atoms with van der Waals surface area (Å²) in [6.07, 6.45) is 2.48. The molecule has 2 N–H and O–H groups in total. The van der Waals surface area contributed by atoms with Gasteiger partial charge in [0.05, 0.1) is 0 Å². The summed E-state index contributed by atoms with van der Waals surface area (Å²) in [6, 6.07) is 5.69. The molecule has 24 heavy (non-hydrogen) atoms. The highest BCUT2D eigenvalue weighted by atomic mass is 16.2. The van der Waals surface area contributed by atoms with Crippen molar-refractivity contribution in [2.45, 2.75) is 46.1 Å². The third-order valence-electron chi connectivity index (χ3n) is 4.41. The van der Waals surface area contributed by atoms with Crippen LogP contribution in [0, 0.1) is 12.8 Å². The van der Waals surface area contributed by atoms with Crippen LogP contribution in [0.25, 0.3) is 0 Å². The fourth-order valence-corrected chi connectivity index (χ4v) is 2.94. The molecule has 5 nitrogen and oxygen atoms in total. The molecule has 1 aliphatic rings. The van der Waals surface area contributed by atoms with Gasteiger partial charge in [-0.1, -0.05) is 13.8 Å². The number of carbonyl (C=O) groups is 2. The lowest BCUT2D eigenvalue weighted by molar-refractivity contribution is -0.116. The van der Waals surface area contributed by atoms with Gasteiger partial charge in [0.1, 0.15) is 0 Å². The lowest BCUT2D eigenvalue weighted by Gasteiger charge is -2.29. The van der Waals surface area contributed by atoms with Crippen molar-refractivity contribution in [3.8, 4) is 0 Å². The Balaban J connectivity index is 1.95. The van der Waals surface area contributed by atoms with E-state index >= 15 is 0 Å². The first-order chi connectivity index (χ1) is 11.3. The third kappa shape index (κ3) is 5.34. The van der Waals surface area contributed by atoms with Gasteiger partial charge in [-0.15, -0.1) is 0 Å². The van der Waals surface area contributed by atoms with Crippen LogP contribution in [0.5, 0.6) is 0 Å². The number of rotatable bonds is 5. The SMILES string of the molecule is Cc1cc(C(=O)NC2CCN(C)CC2)ccc1NC(=O)CC(C)C. The van der Waals surface area contributed by atoms with Crippen molar-refractivity contribution in [1.29, 1.82) is 0 Å². The van der Waals surface area contributed by atoms with Crippen molar-refractivity contribution in [2.24, 2.45) is 5.92 Å². The zero-order valence-electron chi connectivity index (χ0n) is 15.2. The smallest absolute Gasteiger partial charge is 0.251 e. The Morgan fingerprint density at radius 2 is 1.92 bits per heavy atom. The Labute approximate surface area is 144 Å². The Morgan fingerprint density at radius 1 is 1.25 bits per heavy atom. The molecule has 2 amide bonds. The van der Waals surface area contributed by atoms with Crippen LogP contribution in [0.1, 0.15) is 49.0 Å². The van der Waals surface area contributed by atoms with Gasteiger partial charge in [0.25, 0.3) is 5.91 Å². The highest BCUT2D eigenvalue weighted by Gasteiger charge is 2.19. The number of aryl methyl sites for hydroxylation is 1. The number of nitrogens with one attached hydrogen (secondary N) is 2. The molecule has 1 heterocycles. The van der Waals surface area contributed by atoms with Gasteiger partial charge in [-0.3, -0.25) is 9.59 Å². The first-order valence-electron chi connectivity index (χ1n) is 8.75. The molecule has 2 rings (SSSR count). The standard InChI is InChI=1S/C19H29N3O2/c1-13(2)11-18(23)21-17-6-5-15(12-14(17)3)19(24)20-16-7-9-22(4)10-8-16/h5-6,12-13,16H,7-11H2,1-4H3,(H,20,24)(H,21,23). The summed E-state index contributed by atoms with van der Waals surface area (Å²) >= 11 is 0. The lowest BCUT2D eigenvalue weighted by Crippen LogP contribution is -2.43. The molecule has 132 valence electrons. The van der Waals surface area contributed by atoms with Gasteiger partial charge in [-0.25, -0.2) is 0 Å². The van der Waals surface area contributed by atoms with E-state index in [0.717, 1.165) is 37.2 Å². The number of carbonyl (C=O) groups excluding carboxylic acids is 2. The van der Waals surface area contributed by atoms with E-state index in [-0.39, 0.29) is 17.9 Å². The molecule has 0 aliphatic carbocycles. The minimum Gasteiger partial charge on any atom is -0.349 e. The molecule has 0 bridgehead atoms. The second kappa shape index (κ2) is 8.29. The molecular formula is C19H29N3O2. The molecule has 1 aromatic rings. The maximum absolute atomic E-state index is 12.4. The molecule has 1 aromatic carbocycles. The molecule has 0 aromatic heterocycles. The van der Waals surface area contributed by atoms with Gasteiger partial charge >= 0.3 is 0 Å². The van der Waals surface area contributed by atoms with Crippen LogP contribution in [0.4, 0.5) is 5.69 Å². The first-order valence-corrected chi connectivity index (χ1v) is 8.75. The van der Waals surface area contributed by atoms with Crippen LogP contribution >= 0.6 is 0 Å². The van der Waals surface area contributed by atoms with E-state index in [4.69, 9.17) is 0 Å². The van der Waals surface area contributed by atoms with E-state index < -0.39 is 0 Å². The van der Waals surface area contributed by atoms with Gasteiger partial charge in [-0.05, 0) is 69.6 Å². The number of nitrogens with zero attached hydrogens (tertiary/aromatic N) is 1. The highest BCUT2D eigenvalue weighted by Crippen LogP contribution is 2.18. The number of anilines is 1. The summed E-state index contributed by atoms with van der Waals surface area (Å²) in [5.41, 5.74) is 2.33. The molecule has 0 unspecified atom stereocenters. The van der Waals surface area contributed by atoms with Crippen LogP contribution in [-0.4, -0.2) is 42.9 Å². The van der Waals surface area contributed by atoms with Crippen LogP contribution in [0.3, 0.4) is 0 Å². The van der Waals surface area contributed by atoms with Crippen molar-refractivity contribution in [3.05, 3.63) is 29.3 Å². The Kier molecular flexibility index (Phi) is 6.37. The molecular weight excluding hydrogens is 302 g/mol. The molecule has 0 saturated carbocycles. The van der Waals surface area contributed by atoms with E-state index in [1.807, 2.05) is 32.9 Å². The number of piperidine rings is 1. The van der Waals surface area contributed by atoms with Crippen LogP contribution in [0.15, 0.2) is 18.2 Å². The molecule has 0 radical (unpaired) electrons. The zero-order chi connectivity index (χ0) is 17.7. The number of hydrogen-bond donors (Lipinski definition) is 2. The van der Waals surface area contributed by atoms with Gasteiger partial charge < -0.3 is 15.5 Å². The van der Waals surface area contributed by atoms with E-state index in [9.17, 15) is 9.59 Å². The summed E-state index contributed by atoms with van der Waals surface area (Å²) in [7, 11) is 2.10. The van der Waals surface area contributed by atoms with Crippen molar-refractivity contribution in [1.82, 2.24) is 10.2 Å². The average molecular weight is 331 g/mol. The second-order valence-electron chi connectivity index (χ2n) is 7.23. The van der Waals surface area contributed by atoms with Crippen LogP contribution < -0.4 is 10.6 Å². The first kappa shape index (κ1) is 18.5. The van der Waals surface area contributed by atoms with Gasteiger partial charge in [0, 0.05) is 23.7 Å². The lowest BCUT2D eigenvalue weighted by atomic mass is 10.0. The quantitative estimate of drug-likeness (QED) is 0.872. The highest BCUT2D eigenvalue weighted by molar-refractivity contribution is 5.96. The van der Waals surface area contributed by atoms with Crippen molar-refractivity contribution in [2.75, 3.05) is 25.5 Å². The largest absolute Gasteiger partial charge is 0.349 e. The zero-order valence-corrected chi connectivity index (χ0v) is 15.2. The number of hydrogen-bond acceptors (Lipinski definition) is 3. The summed E-state index contributed by atoms with van der Waals surface area (Å²) in [5.74, 6) is 0.300. The Bertz CT molecular complexity index is 590. The monoisotopic (exact) mass is 331 g/mol. The summed E-state index contributed by atoms with van der Waals surface area (Å²) in [6.45, 7) is 7.98. The minimum absolute atomic E-state index is 0.0108. The predicted octanol–water partition coefficient (Wildman–Crippen LogP) is 2.80. The molecule has 0 atom stereocenters. The fourth-order valence-electron chi connectivity index (χ4n) is 2.94. The maximum Gasteiger partial charge on any atom is 0.251 e. The fraction of sp³-hybridized carbons (Fsp3) is 0.579. The molecule has 1 saturated heterocycles. The summed E-state index contributed by atoms with van der Waals surface area (Å²) in [5, 5.41) is 6.03. The summed E-state index contributed by atoms with van der Waals surface area (Å²) in [4.78, 5) is 26.6. The normalized spacial score (nSPS) is 16.2. The Hall–Kier alpha value is -1.88. The molecule has 1 aliphatic heterocycles. The van der Waals surface area contributed by atoms with Crippen molar-refractivity contribution < 1.29 is 9.59 Å². The van der Waals surface area contributed by atoms with Crippen LogP contribution in [-0.2, 0) is 4.79 Å². The topological polar surface area (TPSA) is 61.4 Å². The van der Waals surface area contributed by atoms with Crippen LogP contribution in [0.2, 0.25) is 0 Å². The van der Waals surface area contributed by atoms with Gasteiger partial charge in [0.2, 0.25) is 5.91 Å². The number of benzene rings is 1. The number of amides is 2. The maximum atomic E-state index is 12.4. The third-order valence-corrected chi connectivity index (χ3v) is 4.41.